The fraction of sp³-hybridized carbons (Fsp3) is 0.478. The maximum atomic E-state index is 12.1. The van der Waals surface area contributed by atoms with Gasteiger partial charge in [0.05, 0.1) is 10.0 Å². The van der Waals surface area contributed by atoms with Crippen molar-refractivity contribution in [3.8, 4) is 5.75 Å². The first-order chi connectivity index (χ1) is 14.2. The lowest BCUT2D eigenvalue weighted by Crippen LogP contribution is -2.42. The third-order valence-corrected chi connectivity index (χ3v) is 8.15. The van der Waals surface area contributed by atoms with Gasteiger partial charge in [-0.1, -0.05) is 53.5 Å². The summed E-state index contributed by atoms with van der Waals surface area (Å²) >= 11 is 10.9. The summed E-state index contributed by atoms with van der Waals surface area (Å²) in [4.78, 5) is 2.46. The number of aromatic hydroxyl groups is 1. The molecule has 3 rings (SSSR count). The molecule has 1 heterocycles. The number of nitrogens with zero attached hydrogens (tertiary/aromatic N) is 1. The van der Waals surface area contributed by atoms with Crippen molar-refractivity contribution in [2.24, 2.45) is 11.1 Å². The number of nitrogens with two attached hydrogens (primary N) is 1. The molecule has 2 atom stereocenters. The normalized spacial score (nSPS) is 18.3. The molecular formula is C23H30Cl2N2O2S. The fourth-order valence-corrected chi connectivity index (χ4v) is 5.02. The van der Waals surface area contributed by atoms with Crippen molar-refractivity contribution < 1.29 is 9.66 Å². The second-order valence-electron chi connectivity index (χ2n) is 8.79. The van der Waals surface area contributed by atoms with Crippen LogP contribution < -0.4 is 5.14 Å². The van der Waals surface area contributed by atoms with Crippen LogP contribution in [-0.4, -0.2) is 32.4 Å². The van der Waals surface area contributed by atoms with E-state index < -0.39 is 16.1 Å². The van der Waals surface area contributed by atoms with Crippen LogP contribution in [0.1, 0.15) is 50.2 Å². The smallest absolute Gasteiger partial charge is 0.140 e. The lowest BCUT2D eigenvalue weighted by atomic mass is 9.75. The van der Waals surface area contributed by atoms with Crippen molar-refractivity contribution in [2.45, 2.75) is 50.3 Å². The maximum Gasteiger partial charge on any atom is 0.140 e. The molecular weight excluding hydrogens is 439 g/mol. The highest BCUT2D eigenvalue weighted by Crippen LogP contribution is 2.45. The zero-order valence-electron chi connectivity index (χ0n) is 17.5. The quantitative estimate of drug-likeness (QED) is 0.527. The minimum absolute atomic E-state index is 0.00106. The Balaban J connectivity index is 1.79. The van der Waals surface area contributed by atoms with Crippen LogP contribution in [0.5, 0.6) is 5.75 Å². The van der Waals surface area contributed by atoms with Gasteiger partial charge in [0.1, 0.15) is 10.5 Å². The summed E-state index contributed by atoms with van der Waals surface area (Å²) < 4.78 is 11.6. The van der Waals surface area contributed by atoms with E-state index in [1.807, 2.05) is 19.9 Å². The standard InChI is InChI=1S/C23H30Cl2N2O2S/c1-23(2,30(26)29)14-19(18-12-20(24)21(25)13-22(18)28)17-8-10-27(11-9-17)15-16-6-4-3-5-7-16/h3-7,12-13,17,19,28H,8-11,14-15,26H2,1-2H3. The molecule has 3 N–H and O–H groups in total. The van der Waals surface area contributed by atoms with Crippen LogP contribution in [-0.2, 0) is 17.9 Å². The molecule has 2 aromatic rings. The van der Waals surface area contributed by atoms with Gasteiger partial charge in [0.25, 0.3) is 0 Å². The van der Waals surface area contributed by atoms with Crippen molar-refractivity contribution >= 4 is 34.6 Å². The predicted molar refractivity (Wildman–Crippen MR) is 126 cm³/mol. The number of phenolic OH excluding ortho intramolecular Hbond substituents is 1. The first kappa shape index (κ1) is 23.7. The molecule has 0 bridgehead atoms. The number of benzene rings is 2. The van der Waals surface area contributed by atoms with E-state index in [4.69, 9.17) is 28.3 Å². The van der Waals surface area contributed by atoms with E-state index in [-0.39, 0.29) is 11.7 Å². The molecule has 0 amide bonds. The highest BCUT2D eigenvalue weighted by molar-refractivity contribution is 7.90. The van der Waals surface area contributed by atoms with Gasteiger partial charge in [0, 0.05) is 30.4 Å². The Hall–Kier alpha value is -0.950. The number of piperidine rings is 1. The van der Waals surface area contributed by atoms with Crippen LogP contribution in [0.25, 0.3) is 0 Å². The Kier molecular flexibility index (Phi) is 7.99. The molecule has 2 aromatic carbocycles. The van der Waals surface area contributed by atoms with Crippen molar-refractivity contribution in [1.82, 2.24) is 4.90 Å². The second kappa shape index (κ2) is 10.1. The van der Waals surface area contributed by atoms with Crippen LogP contribution in [0.4, 0.5) is 0 Å². The Morgan fingerprint density at radius 1 is 1.17 bits per heavy atom. The van der Waals surface area contributed by atoms with Gasteiger partial charge in [-0.25, -0.2) is 0 Å². The largest absolute Gasteiger partial charge is 0.598 e. The molecule has 0 spiro atoms. The first-order valence-corrected chi connectivity index (χ1v) is 12.2. The Bertz CT molecular complexity index is 841. The molecule has 2 unspecified atom stereocenters. The molecule has 1 aliphatic heterocycles. The van der Waals surface area contributed by atoms with Gasteiger partial charge in [0.15, 0.2) is 0 Å². The highest BCUT2D eigenvalue weighted by Gasteiger charge is 2.39. The van der Waals surface area contributed by atoms with E-state index in [0.29, 0.717) is 22.4 Å². The highest BCUT2D eigenvalue weighted by atomic mass is 35.5. The summed E-state index contributed by atoms with van der Waals surface area (Å²) in [5.74, 6) is 0.476. The predicted octanol–water partition coefficient (Wildman–Crippen LogP) is 5.49. The van der Waals surface area contributed by atoms with Crippen LogP contribution in [0.15, 0.2) is 42.5 Å². The summed E-state index contributed by atoms with van der Waals surface area (Å²) in [7, 11) is 0. The van der Waals surface area contributed by atoms with Gasteiger partial charge in [-0.2, -0.15) is 5.14 Å². The molecule has 30 heavy (non-hydrogen) atoms. The average molecular weight is 469 g/mol. The van der Waals surface area contributed by atoms with Gasteiger partial charge < -0.3 is 9.66 Å². The maximum absolute atomic E-state index is 12.1. The third kappa shape index (κ3) is 5.84. The number of phenols is 1. The van der Waals surface area contributed by atoms with Crippen molar-refractivity contribution in [3.05, 3.63) is 63.6 Å². The zero-order valence-corrected chi connectivity index (χ0v) is 19.8. The molecule has 0 aliphatic carbocycles. The van der Waals surface area contributed by atoms with E-state index in [9.17, 15) is 9.66 Å². The molecule has 0 saturated carbocycles. The van der Waals surface area contributed by atoms with Crippen LogP contribution >= 0.6 is 23.2 Å². The van der Waals surface area contributed by atoms with E-state index in [2.05, 4.69) is 29.2 Å². The summed E-state index contributed by atoms with van der Waals surface area (Å²) in [5, 5.41) is 17.2. The lowest BCUT2D eigenvalue weighted by molar-refractivity contribution is 0.155. The molecule has 4 nitrogen and oxygen atoms in total. The molecule has 0 aromatic heterocycles. The number of hydrogen-bond acceptors (Lipinski definition) is 4. The topological polar surface area (TPSA) is 72.5 Å². The fourth-order valence-electron chi connectivity index (χ4n) is 4.35. The Morgan fingerprint density at radius 3 is 2.37 bits per heavy atom. The summed E-state index contributed by atoms with van der Waals surface area (Å²) in [5.41, 5.74) is 2.08. The van der Waals surface area contributed by atoms with Crippen LogP contribution in [0, 0.1) is 5.92 Å². The number of halogens is 2. The van der Waals surface area contributed by atoms with Gasteiger partial charge in [0.2, 0.25) is 0 Å². The second-order valence-corrected chi connectivity index (χ2v) is 11.3. The number of likely N-dealkylation sites (tertiary alicyclic amines) is 1. The van der Waals surface area contributed by atoms with E-state index in [1.54, 1.807) is 6.07 Å². The molecule has 1 aliphatic rings. The zero-order chi connectivity index (χ0) is 21.9. The van der Waals surface area contributed by atoms with E-state index in [0.717, 1.165) is 38.0 Å². The Labute approximate surface area is 192 Å². The van der Waals surface area contributed by atoms with Crippen LogP contribution in [0.2, 0.25) is 10.0 Å². The van der Waals surface area contributed by atoms with Gasteiger partial charge in [-0.3, -0.25) is 4.90 Å². The molecule has 0 radical (unpaired) electrons. The minimum Gasteiger partial charge on any atom is -0.598 e. The Morgan fingerprint density at radius 2 is 1.77 bits per heavy atom. The SMILES string of the molecule is CC(C)(CC(c1cc(Cl)c(Cl)cc1O)C1CCN(Cc2ccccc2)CC1)[S+](N)[O-]. The van der Waals surface area contributed by atoms with Crippen molar-refractivity contribution in [1.29, 1.82) is 0 Å². The number of hydrogen-bond donors (Lipinski definition) is 2. The third-order valence-electron chi connectivity index (χ3n) is 6.18. The molecule has 1 fully saturated rings. The summed E-state index contributed by atoms with van der Waals surface area (Å²) in [6, 6.07) is 13.7. The van der Waals surface area contributed by atoms with Crippen molar-refractivity contribution in [3.63, 3.8) is 0 Å². The first-order valence-electron chi connectivity index (χ1n) is 10.3. The van der Waals surface area contributed by atoms with Crippen LogP contribution in [0.3, 0.4) is 0 Å². The summed E-state index contributed by atoms with van der Waals surface area (Å²) in [6.45, 7) is 6.72. The summed E-state index contributed by atoms with van der Waals surface area (Å²) in [6.07, 6.45) is 2.58. The average Bonchev–Trinajstić information content (AvgIpc) is 2.70. The van der Waals surface area contributed by atoms with Gasteiger partial charge >= 0.3 is 0 Å². The van der Waals surface area contributed by atoms with Gasteiger partial charge in [-0.05, 0) is 68.8 Å². The molecule has 164 valence electrons. The van der Waals surface area contributed by atoms with E-state index >= 15 is 0 Å². The van der Waals surface area contributed by atoms with E-state index in [1.165, 1.54) is 11.6 Å². The molecule has 1 saturated heterocycles. The number of rotatable bonds is 7. The lowest BCUT2D eigenvalue weighted by Gasteiger charge is -2.39. The minimum atomic E-state index is -1.48. The molecule has 7 heteroatoms. The van der Waals surface area contributed by atoms with Gasteiger partial charge in [-0.15, -0.1) is 0 Å². The van der Waals surface area contributed by atoms with Crippen molar-refractivity contribution in [2.75, 3.05) is 13.1 Å². The monoisotopic (exact) mass is 468 g/mol.